The van der Waals surface area contributed by atoms with E-state index in [0.29, 0.717) is 12.1 Å². The average molecular weight is 309 g/mol. The molecule has 0 fully saturated rings. The highest BCUT2D eigenvalue weighted by Gasteiger charge is 2.27. The molecule has 0 spiro atoms. The molecule has 7 heteroatoms. The third-order valence-corrected chi connectivity index (χ3v) is 2.33. The van der Waals surface area contributed by atoms with Gasteiger partial charge in [0.1, 0.15) is 18.2 Å². The highest BCUT2D eigenvalue weighted by molar-refractivity contribution is 5.29. The molecule has 1 rings (SSSR count). The summed E-state index contributed by atoms with van der Waals surface area (Å²) in [7, 11) is 0. The normalized spacial score (nSPS) is 12.5. The van der Waals surface area contributed by atoms with Crippen LogP contribution in [0.1, 0.15) is 26.3 Å². The molecular weight excluding hydrogens is 290 g/mol. The molecule has 0 heterocycles. The van der Waals surface area contributed by atoms with Crippen LogP contribution in [-0.4, -0.2) is 25.1 Å². The zero-order valence-corrected chi connectivity index (χ0v) is 12.2. The van der Waals surface area contributed by atoms with E-state index in [0.717, 1.165) is 6.07 Å². The summed E-state index contributed by atoms with van der Waals surface area (Å²) < 4.78 is 58.3. The van der Waals surface area contributed by atoms with Crippen LogP contribution in [0.15, 0.2) is 18.2 Å². The van der Waals surface area contributed by atoms with Crippen LogP contribution in [0, 0.1) is 5.82 Å². The third kappa shape index (κ3) is 8.52. The topological polar surface area (TPSA) is 30.5 Å². The minimum Gasteiger partial charge on any atom is -0.467 e. The Morgan fingerprint density at radius 3 is 2.33 bits per heavy atom. The van der Waals surface area contributed by atoms with E-state index in [1.165, 1.54) is 6.07 Å². The van der Waals surface area contributed by atoms with Gasteiger partial charge in [-0.2, -0.15) is 13.2 Å². The second-order valence-corrected chi connectivity index (χ2v) is 5.62. The van der Waals surface area contributed by atoms with Gasteiger partial charge >= 0.3 is 6.18 Å². The Morgan fingerprint density at radius 2 is 1.76 bits per heavy atom. The Hall–Kier alpha value is -1.34. The number of halogens is 4. The molecule has 0 saturated carbocycles. The SMILES string of the molecule is CC(C)(C)NCc1cc(F)cc(OCOCC(F)(F)F)c1. The van der Waals surface area contributed by atoms with E-state index in [1.54, 1.807) is 6.07 Å². The molecule has 0 aliphatic carbocycles. The minimum absolute atomic E-state index is 0.128. The standard InChI is InChI=1S/C14H19F4NO2/c1-13(2,3)19-7-10-4-11(15)6-12(5-10)21-9-20-8-14(16,17)18/h4-6,19H,7-9H2,1-3H3. The Labute approximate surface area is 121 Å². The lowest BCUT2D eigenvalue weighted by Crippen LogP contribution is -2.35. The molecule has 0 aliphatic rings. The van der Waals surface area contributed by atoms with Crippen molar-refractivity contribution in [3.8, 4) is 5.75 Å². The summed E-state index contributed by atoms with van der Waals surface area (Å²) in [6.07, 6.45) is -4.41. The predicted octanol–water partition coefficient (Wildman–Crippen LogP) is 3.63. The van der Waals surface area contributed by atoms with Crippen LogP contribution in [0.25, 0.3) is 0 Å². The Morgan fingerprint density at radius 1 is 1.10 bits per heavy atom. The number of hydrogen-bond donors (Lipinski definition) is 1. The molecule has 0 saturated heterocycles. The van der Waals surface area contributed by atoms with Gasteiger partial charge in [-0.25, -0.2) is 4.39 Å². The van der Waals surface area contributed by atoms with Crippen molar-refractivity contribution in [1.29, 1.82) is 0 Å². The van der Waals surface area contributed by atoms with Crippen molar-refractivity contribution in [1.82, 2.24) is 5.32 Å². The fourth-order valence-corrected chi connectivity index (χ4v) is 1.44. The maximum Gasteiger partial charge on any atom is 0.411 e. The van der Waals surface area contributed by atoms with E-state index >= 15 is 0 Å². The third-order valence-electron chi connectivity index (χ3n) is 2.33. The molecule has 0 unspecified atom stereocenters. The van der Waals surface area contributed by atoms with Gasteiger partial charge in [0, 0.05) is 18.2 Å². The molecule has 0 atom stereocenters. The number of hydrogen-bond acceptors (Lipinski definition) is 3. The quantitative estimate of drug-likeness (QED) is 0.494. The Balaban J connectivity index is 2.53. The molecule has 120 valence electrons. The number of benzene rings is 1. The van der Waals surface area contributed by atoms with Gasteiger partial charge in [0.2, 0.25) is 0 Å². The van der Waals surface area contributed by atoms with Gasteiger partial charge in [-0.15, -0.1) is 0 Å². The molecular formula is C14H19F4NO2. The van der Waals surface area contributed by atoms with Crippen molar-refractivity contribution >= 4 is 0 Å². The van der Waals surface area contributed by atoms with Crippen LogP contribution >= 0.6 is 0 Å². The molecule has 3 nitrogen and oxygen atoms in total. The largest absolute Gasteiger partial charge is 0.467 e. The van der Waals surface area contributed by atoms with Crippen LogP contribution in [0.3, 0.4) is 0 Å². The minimum atomic E-state index is -4.41. The van der Waals surface area contributed by atoms with Crippen LogP contribution < -0.4 is 10.1 Å². The van der Waals surface area contributed by atoms with Gasteiger partial charge in [-0.05, 0) is 38.5 Å². The first-order chi connectivity index (χ1) is 9.55. The maximum atomic E-state index is 13.4. The summed E-state index contributed by atoms with van der Waals surface area (Å²) in [5, 5.41) is 3.18. The molecule has 21 heavy (non-hydrogen) atoms. The van der Waals surface area contributed by atoms with Crippen molar-refractivity contribution < 1.29 is 27.0 Å². The van der Waals surface area contributed by atoms with E-state index in [4.69, 9.17) is 4.74 Å². The molecule has 0 aliphatic heterocycles. The van der Waals surface area contributed by atoms with Crippen molar-refractivity contribution in [3.63, 3.8) is 0 Å². The van der Waals surface area contributed by atoms with E-state index in [2.05, 4.69) is 10.1 Å². The van der Waals surface area contributed by atoms with Gasteiger partial charge in [0.25, 0.3) is 0 Å². The fourth-order valence-electron chi connectivity index (χ4n) is 1.44. The molecule has 0 radical (unpaired) electrons. The number of nitrogens with one attached hydrogen (secondary N) is 1. The second-order valence-electron chi connectivity index (χ2n) is 5.62. The fraction of sp³-hybridized carbons (Fsp3) is 0.571. The van der Waals surface area contributed by atoms with Gasteiger partial charge in [-0.3, -0.25) is 0 Å². The van der Waals surface area contributed by atoms with Gasteiger partial charge in [0.05, 0.1) is 0 Å². The highest BCUT2D eigenvalue weighted by atomic mass is 19.4. The summed E-state index contributed by atoms with van der Waals surface area (Å²) >= 11 is 0. The summed E-state index contributed by atoms with van der Waals surface area (Å²) in [5.74, 6) is -0.392. The lowest BCUT2D eigenvalue weighted by Gasteiger charge is -2.20. The summed E-state index contributed by atoms with van der Waals surface area (Å²) in [6, 6.07) is 3.98. The number of rotatable bonds is 6. The summed E-state index contributed by atoms with van der Waals surface area (Å²) in [6.45, 7) is 4.33. The summed E-state index contributed by atoms with van der Waals surface area (Å²) in [5.41, 5.74) is 0.499. The van der Waals surface area contributed by atoms with Crippen LogP contribution in [0.2, 0.25) is 0 Å². The van der Waals surface area contributed by atoms with Gasteiger partial charge < -0.3 is 14.8 Å². The van der Waals surface area contributed by atoms with Crippen molar-refractivity contribution in [2.45, 2.75) is 39.0 Å². The number of alkyl halides is 3. The zero-order chi connectivity index (χ0) is 16.1. The van der Waals surface area contributed by atoms with Crippen LogP contribution in [0.4, 0.5) is 17.6 Å². The van der Waals surface area contributed by atoms with Crippen LogP contribution in [0.5, 0.6) is 5.75 Å². The molecule has 1 aromatic rings. The first-order valence-corrected chi connectivity index (χ1v) is 6.37. The Bertz CT molecular complexity index is 455. The highest BCUT2D eigenvalue weighted by Crippen LogP contribution is 2.18. The average Bonchev–Trinajstić information content (AvgIpc) is 2.30. The van der Waals surface area contributed by atoms with Crippen molar-refractivity contribution in [2.24, 2.45) is 0 Å². The molecule has 1 aromatic carbocycles. The predicted molar refractivity (Wildman–Crippen MR) is 70.5 cm³/mol. The van der Waals surface area contributed by atoms with Crippen LogP contribution in [-0.2, 0) is 11.3 Å². The second kappa shape index (κ2) is 7.09. The number of ether oxygens (including phenoxy) is 2. The monoisotopic (exact) mass is 309 g/mol. The lowest BCUT2D eigenvalue weighted by atomic mass is 10.1. The molecule has 0 bridgehead atoms. The van der Waals surface area contributed by atoms with E-state index in [1.807, 2.05) is 20.8 Å². The van der Waals surface area contributed by atoms with E-state index in [-0.39, 0.29) is 11.3 Å². The zero-order valence-electron chi connectivity index (χ0n) is 12.2. The molecule has 1 N–H and O–H groups in total. The van der Waals surface area contributed by atoms with Gasteiger partial charge in [0.15, 0.2) is 6.79 Å². The van der Waals surface area contributed by atoms with E-state index in [9.17, 15) is 17.6 Å². The lowest BCUT2D eigenvalue weighted by molar-refractivity contribution is -0.186. The Kier molecular flexibility index (Phi) is 5.98. The first-order valence-electron chi connectivity index (χ1n) is 6.37. The summed E-state index contributed by atoms with van der Waals surface area (Å²) in [4.78, 5) is 0. The van der Waals surface area contributed by atoms with Crippen molar-refractivity contribution in [2.75, 3.05) is 13.4 Å². The molecule has 0 amide bonds. The van der Waals surface area contributed by atoms with Gasteiger partial charge in [-0.1, -0.05) is 0 Å². The van der Waals surface area contributed by atoms with E-state index < -0.39 is 25.4 Å². The maximum absolute atomic E-state index is 13.4. The molecule has 0 aromatic heterocycles. The first kappa shape index (κ1) is 17.7. The smallest absolute Gasteiger partial charge is 0.411 e. The van der Waals surface area contributed by atoms with Crippen molar-refractivity contribution in [3.05, 3.63) is 29.6 Å².